The predicted octanol–water partition coefficient (Wildman–Crippen LogP) is 8.82. The van der Waals surface area contributed by atoms with Crippen LogP contribution in [0.15, 0.2) is 130 Å². The van der Waals surface area contributed by atoms with Gasteiger partial charge in [-0.25, -0.2) is 0 Å². The number of allylic oxidation sites excluding steroid dienone is 17. The fraction of sp³-hybridized carbons (Fsp3) is 0.389. The summed E-state index contributed by atoms with van der Waals surface area (Å²) in [5.74, 6) is 0.474. The molecule has 6 aliphatic rings. The molecule has 2 unspecified atom stereocenters. The van der Waals surface area contributed by atoms with Gasteiger partial charge in [0.15, 0.2) is 0 Å². The fourth-order valence-corrected chi connectivity index (χ4v) is 6.82. The van der Waals surface area contributed by atoms with Crippen molar-refractivity contribution in [1.29, 1.82) is 0 Å². The van der Waals surface area contributed by atoms with Gasteiger partial charge in [-0.3, -0.25) is 0 Å². The molecule has 2 nitrogen and oxygen atoms in total. The first kappa shape index (κ1) is 25.0. The van der Waals surface area contributed by atoms with Crippen molar-refractivity contribution in [3.05, 3.63) is 130 Å². The second kappa shape index (κ2) is 11.6. The van der Waals surface area contributed by atoms with Crippen LogP contribution in [0.1, 0.15) is 71.1 Å². The third-order valence-corrected chi connectivity index (χ3v) is 8.84. The lowest BCUT2D eigenvalue weighted by Gasteiger charge is -2.41. The molecule has 5 aliphatic carbocycles. The fourth-order valence-electron chi connectivity index (χ4n) is 6.82. The van der Waals surface area contributed by atoms with Crippen molar-refractivity contribution in [3.63, 3.8) is 0 Å². The van der Waals surface area contributed by atoms with Crippen molar-refractivity contribution in [2.24, 2.45) is 5.92 Å². The Hall–Kier alpha value is -3.26. The van der Waals surface area contributed by atoms with Crippen LogP contribution >= 0.6 is 0 Å². The predicted molar refractivity (Wildman–Crippen MR) is 161 cm³/mol. The summed E-state index contributed by atoms with van der Waals surface area (Å²) in [6.07, 6.45) is 44.6. The Labute approximate surface area is 229 Å². The molecule has 1 aliphatic heterocycles. The lowest BCUT2D eigenvalue weighted by atomic mass is 9.85. The van der Waals surface area contributed by atoms with Gasteiger partial charge in [0, 0.05) is 35.1 Å². The minimum absolute atomic E-state index is 0.394. The second-order valence-corrected chi connectivity index (χ2v) is 11.4. The van der Waals surface area contributed by atoms with E-state index in [0.29, 0.717) is 12.0 Å². The lowest BCUT2D eigenvalue weighted by molar-refractivity contribution is 0.265. The Kier molecular flexibility index (Phi) is 7.67. The van der Waals surface area contributed by atoms with E-state index in [4.69, 9.17) is 0 Å². The summed E-state index contributed by atoms with van der Waals surface area (Å²) in [6.45, 7) is 3.46. The van der Waals surface area contributed by atoms with Crippen molar-refractivity contribution in [2.45, 2.75) is 77.2 Å². The maximum Gasteiger partial charge on any atom is 0.0596 e. The first-order valence-electron chi connectivity index (χ1n) is 14.9. The zero-order valence-electron chi connectivity index (χ0n) is 23.0. The molecule has 0 amide bonds. The summed E-state index contributed by atoms with van der Waals surface area (Å²) >= 11 is 0. The van der Waals surface area contributed by atoms with E-state index in [0.717, 1.165) is 38.6 Å². The summed E-state index contributed by atoms with van der Waals surface area (Å²) in [5, 5.41) is 3.88. The van der Waals surface area contributed by atoms with E-state index in [1.807, 2.05) is 0 Å². The highest BCUT2D eigenvalue weighted by Crippen LogP contribution is 2.37. The molecule has 0 aromatic heterocycles. The first-order chi connectivity index (χ1) is 18.8. The van der Waals surface area contributed by atoms with Crippen LogP contribution in [0, 0.1) is 5.92 Å². The van der Waals surface area contributed by atoms with Gasteiger partial charge < -0.3 is 10.2 Å². The van der Waals surface area contributed by atoms with Crippen LogP contribution in [0.3, 0.4) is 0 Å². The van der Waals surface area contributed by atoms with Gasteiger partial charge in [0.1, 0.15) is 0 Å². The Morgan fingerprint density at radius 1 is 0.789 bits per heavy atom. The van der Waals surface area contributed by atoms with E-state index in [2.05, 4.69) is 102 Å². The smallest absolute Gasteiger partial charge is 0.0596 e. The number of fused-ring (bicyclic) bond motifs is 1. The van der Waals surface area contributed by atoms with E-state index >= 15 is 0 Å². The molecular formula is C36H42N2. The zero-order valence-corrected chi connectivity index (χ0v) is 23.0. The van der Waals surface area contributed by atoms with Gasteiger partial charge in [0.25, 0.3) is 0 Å². The molecule has 0 spiro atoms. The van der Waals surface area contributed by atoms with Gasteiger partial charge in [-0.05, 0) is 112 Å². The second-order valence-electron chi connectivity index (χ2n) is 11.4. The minimum atomic E-state index is 0.394. The molecule has 0 saturated heterocycles. The van der Waals surface area contributed by atoms with Crippen LogP contribution in [-0.4, -0.2) is 17.5 Å². The Bertz CT molecular complexity index is 1280. The third kappa shape index (κ3) is 5.46. The van der Waals surface area contributed by atoms with E-state index in [1.165, 1.54) is 77.1 Å². The Morgan fingerprint density at radius 3 is 2.53 bits per heavy atom. The highest BCUT2D eigenvalue weighted by molar-refractivity contribution is 5.49. The maximum absolute atomic E-state index is 3.88. The SMILES string of the molecule is C/C1=C\CCCN(C2=CC=C(C3=CC=CCC3)CC2)C2CC=CC(NC3=CC(C4=CCCC=C4)CC=C3)=C12. The van der Waals surface area contributed by atoms with Gasteiger partial charge in [-0.2, -0.15) is 0 Å². The molecule has 1 N–H and O–H groups in total. The number of nitrogens with one attached hydrogen (secondary N) is 1. The standard InChI is InChI=1S/C36H42N2/c1-27-12-8-9-25-38(33-23-21-30(22-24-33)28-13-4-2-5-14-28)35-20-11-19-34(36(27)35)37-32-18-10-17-31(26-32)29-15-6-3-7-16-29/h2,4,6,10-13,15-16,18-19,21,23,26,31,35,37H,3,5,7-9,14,17,20,22,24-25H2,1H3/b27-12+. The molecule has 38 heavy (non-hydrogen) atoms. The average Bonchev–Trinajstić information content (AvgIpc) is 2.97. The number of nitrogens with zero attached hydrogens (tertiary/aromatic N) is 1. The molecular weight excluding hydrogens is 460 g/mol. The molecule has 0 radical (unpaired) electrons. The highest BCUT2D eigenvalue weighted by atomic mass is 15.2. The third-order valence-electron chi connectivity index (χ3n) is 8.84. The van der Waals surface area contributed by atoms with Crippen molar-refractivity contribution >= 4 is 0 Å². The summed E-state index contributed by atoms with van der Waals surface area (Å²) in [4.78, 5) is 2.74. The molecule has 0 bridgehead atoms. The van der Waals surface area contributed by atoms with Crippen LogP contribution in [0.5, 0.6) is 0 Å². The molecule has 0 fully saturated rings. The molecule has 0 saturated carbocycles. The highest BCUT2D eigenvalue weighted by Gasteiger charge is 2.30. The monoisotopic (exact) mass is 502 g/mol. The lowest BCUT2D eigenvalue weighted by Crippen LogP contribution is -2.40. The van der Waals surface area contributed by atoms with E-state index in [-0.39, 0.29) is 0 Å². The van der Waals surface area contributed by atoms with Crippen LogP contribution in [-0.2, 0) is 0 Å². The summed E-state index contributed by atoms with van der Waals surface area (Å²) in [7, 11) is 0. The number of hydrogen-bond donors (Lipinski definition) is 1. The van der Waals surface area contributed by atoms with Crippen molar-refractivity contribution in [1.82, 2.24) is 10.2 Å². The summed E-state index contributed by atoms with van der Waals surface area (Å²) in [5.41, 5.74) is 11.5. The number of hydrogen-bond acceptors (Lipinski definition) is 2. The minimum Gasteiger partial charge on any atom is -0.367 e. The zero-order chi connectivity index (χ0) is 25.7. The topological polar surface area (TPSA) is 15.3 Å². The largest absolute Gasteiger partial charge is 0.367 e. The van der Waals surface area contributed by atoms with Crippen LogP contribution in [0.2, 0.25) is 0 Å². The van der Waals surface area contributed by atoms with Gasteiger partial charge in [-0.1, -0.05) is 66.8 Å². The van der Waals surface area contributed by atoms with E-state index in [1.54, 1.807) is 0 Å². The summed E-state index contributed by atoms with van der Waals surface area (Å²) < 4.78 is 0. The summed E-state index contributed by atoms with van der Waals surface area (Å²) in [6, 6.07) is 0.394. The van der Waals surface area contributed by atoms with Crippen molar-refractivity contribution in [3.8, 4) is 0 Å². The van der Waals surface area contributed by atoms with Gasteiger partial charge in [0.05, 0.1) is 6.04 Å². The molecule has 1 heterocycles. The Balaban J connectivity index is 1.28. The Morgan fingerprint density at radius 2 is 1.71 bits per heavy atom. The van der Waals surface area contributed by atoms with E-state index < -0.39 is 0 Å². The maximum atomic E-state index is 3.88. The molecule has 0 aromatic carbocycles. The molecule has 0 aromatic rings. The van der Waals surface area contributed by atoms with Crippen LogP contribution < -0.4 is 5.32 Å². The van der Waals surface area contributed by atoms with E-state index in [9.17, 15) is 0 Å². The quantitative estimate of drug-likeness (QED) is 0.404. The first-order valence-corrected chi connectivity index (χ1v) is 14.9. The molecule has 196 valence electrons. The number of rotatable bonds is 5. The van der Waals surface area contributed by atoms with Crippen LogP contribution in [0.25, 0.3) is 0 Å². The van der Waals surface area contributed by atoms with Crippen molar-refractivity contribution < 1.29 is 0 Å². The average molecular weight is 503 g/mol. The normalized spacial score (nSPS) is 28.7. The molecule has 2 heteroatoms. The van der Waals surface area contributed by atoms with Gasteiger partial charge in [-0.15, -0.1) is 0 Å². The van der Waals surface area contributed by atoms with Crippen molar-refractivity contribution in [2.75, 3.05) is 6.54 Å². The van der Waals surface area contributed by atoms with Gasteiger partial charge >= 0.3 is 0 Å². The van der Waals surface area contributed by atoms with Crippen LogP contribution in [0.4, 0.5) is 0 Å². The molecule has 2 atom stereocenters. The van der Waals surface area contributed by atoms with Gasteiger partial charge in [0.2, 0.25) is 0 Å². The molecule has 6 rings (SSSR count).